The summed E-state index contributed by atoms with van der Waals surface area (Å²) in [6.45, 7) is 3.47. The van der Waals surface area contributed by atoms with Gasteiger partial charge in [-0.05, 0) is 23.6 Å². The van der Waals surface area contributed by atoms with Crippen molar-refractivity contribution in [2.24, 2.45) is 5.92 Å². The summed E-state index contributed by atoms with van der Waals surface area (Å²) in [4.78, 5) is 22.8. The number of amides is 1. The maximum atomic E-state index is 11.8. The Kier molecular flexibility index (Phi) is 5.63. The predicted octanol–water partition coefficient (Wildman–Crippen LogP) is 2.76. The van der Waals surface area contributed by atoms with Gasteiger partial charge in [-0.3, -0.25) is 4.79 Å². The molecule has 0 aliphatic heterocycles. The molecule has 0 aliphatic rings. The largest absolute Gasteiger partial charge is 0.480 e. The third-order valence-corrected chi connectivity index (χ3v) is 3.34. The van der Waals surface area contributed by atoms with E-state index < -0.39 is 12.0 Å². The van der Waals surface area contributed by atoms with Gasteiger partial charge in [0.2, 0.25) is 5.91 Å². The molecule has 19 heavy (non-hydrogen) atoms. The van der Waals surface area contributed by atoms with E-state index in [1.165, 1.54) is 0 Å². The topological polar surface area (TPSA) is 66.4 Å². The molecule has 0 aliphatic carbocycles. The molecule has 0 fully saturated rings. The Morgan fingerprint density at radius 3 is 2.37 bits per heavy atom. The van der Waals surface area contributed by atoms with Crippen molar-refractivity contribution in [3.63, 3.8) is 0 Å². The second-order valence-electron chi connectivity index (χ2n) is 4.55. The van der Waals surface area contributed by atoms with Gasteiger partial charge in [0.15, 0.2) is 0 Å². The fourth-order valence-corrected chi connectivity index (χ4v) is 1.89. The van der Waals surface area contributed by atoms with Gasteiger partial charge < -0.3 is 10.4 Å². The van der Waals surface area contributed by atoms with Gasteiger partial charge in [0.05, 0.1) is 16.5 Å². The van der Waals surface area contributed by atoms with Gasteiger partial charge in [0.25, 0.3) is 0 Å². The minimum atomic E-state index is -1.04. The number of carboxylic acids is 1. The maximum absolute atomic E-state index is 11.8. The van der Waals surface area contributed by atoms with Crippen molar-refractivity contribution in [2.45, 2.75) is 26.3 Å². The SMILES string of the molecule is CC(C)[C@H](NC(=O)Cc1ccc(Cl)c(Cl)c1)C(=O)O. The van der Waals surface area contributed by atoms with Crippen LogP contribution in [0, 0.1) is 5.92 Å². The van der Waals surface area contributed by atoms with Gasteiger partial charge in [-0.2, -0.15) is 0 Å². The maximum Gasteiger partial charge on any atom is 0.326 e. The fourth-order valence-electron chi connectivity index (χ4n) is 1.57. The summed E-state index contributed by atoms with van der Waals surface area (Å²) in [5.41, 5.74) is 0.680. The molecule has 0 spiro atoms. The minimum Gasteiger partial charge on any atom is -0.480 e. The number of carboxylic acid groups (broad SMARTS) is 1. The van der Waals surface area contributed by atoms with Crippen molar-refractivity contribution in [1.82, 2.24) is 5.32 Å². The standard InChI is InChI=1S/C13H15Cl2NO3/c1-7(2)12(13(18)19)16-11(17)6-8-3-4-9(14)10(15)5-8/h3-5,7,12H,6H2,1-2H3,(H,16,17)(H,18,19)/t12-/m0/s1. The van der Waals surface area contributed by atoms with E-state index in [9.17, 15) is 9.59 Å². The summed E-state index contributed by atoms with van der Waals surface area (Å²) in [5, 5.41) is 12.2. The highest BCUT2D eigenvalue weighted by molar-refractivity contribution is 6.42. The van der Waals surface area contributed by atoms with Crippen molar-refractivity contribution in [1.29, 1.82) is 0 Å². The van der Waals surface area contributed by atoms with Crippen molar-refractivity contribution in [2.75, 3.05) is 0 Å². The summed E-state index contributed by atoms with van der Waals surface area (Å²) in [6, 6.07) is 3.98. The summed E-state index contributed by atoms with van der Waals surface area (Å²) in [7, 11) is 0. The zero-order valence-corrected chi connectivity index (χ0v) is 12.1. The lowest BCUT2D eigenvalue weighted by molar-refractivity contribution is -0.143. The number of benzene rings is 1. The third-order valence-electron chi connectivity index (χ3n) is 2.60. The van der Waals surface area contributed by atoms with Gasteiger partial charge in [-0.1, -0.05) is 43.1 Å². The smallest absolute Gasteiger partial charge is 0.326 e. The van der Waals surface area contributed by atoms with E-state index in [4.69, 9.17) is 28.3 Å². The molecule has 0 aromatic heterocycles. The van der Waals surface area contributed by atoms with Crippen LogP contribution in [0.15, 0.2) is 18.2 Å². The van der Waals surface area contributed by atoms with Crippen LogP contribution < -0.4 is 5.32 Å². The molecule has 0 saturated heterocycles. The highest BCUT2D eigenvalue weighted by atomic mass is 35.5. The molecule has 1 aromatic rings. The van der Waals surface area contributed by atoms with E-state index in [0.717, 1.165) is 0 Å². The van der Waals surface area contributed by atoms with E-state index in [1.54, 1.807) is 32.0 Å². The average Bonchev–Trinajstić information content (AvgIpc) is 2.30. The summed E-state index contributed by atoms with van der Waals surface area (Å²) >= 11 is 11.6. The number of hydrogen-bond donors (Lipinski definition) is 2. The van der Waals surface area contributed by atoms with Crippen LogP contribution in [0.3, 0.4) is 0 Å². The molecular formula is C13H15Cl2NO3. The van der Waals surface area contributed by atoms with Crippen LogP contribution in [0.4, 0.5) is 0 Å². The van der Waals surface area contributed by atoms with Gasteiger partial charge in [0, 0.05) is 0 Å². The van der Waals surface area contributed by atoms with E-state index >= 15 is 0 Å². The molecule has 0 radical (unpaired) electrons. The van der Waals surface area contributed by atoms with E-state index in [2.05, 4.69) is 5.32 Å². The lowest BCUT2D eigenvalue weighted by Gasteiger charge is -2.17. The first-order valence-electron chi connectivity index (χ1n) is 5.77. The average molecular weight is 304 g/mol. The Hall–Kier alpha value is -1.26. The minimum absolute atomic E-state index is 0.0629. The zero-order chi connectivity index (χ0) is 14.6. The first-order chi connectivity index (χ1) is 8.81. The van der Waals surface area contributed by atoms with Gasteiger partial charge in [0.1, 0.15) is 6.04 Å². The molecule has 2 N–H and O–H groups in total. The number of rotatable bonds is 5. The lowest BCUT2D eigenvalue weighted by atomic mass is 10.0. The summed E-state index contributed by atoms with van der Waals surface area (Å²) < 4.78 is 0. The number of nitrogens with one attached hydrogen (secondary N) is 1. The number of aliphatic carboxylic acids is 1. The van der Waals surface area contributed by atoms with Crippen LogP contribution in [0.1, 0.15) is 19.4 Å². The molecular weight excluding hydrogens is 289 g/mol. The van der Waals surface area contributed by atoms with Gasteiger partial charge >= 0.3 is 5.97 Å². The van der Waals surface area contributed by atoms with Crippen LogP contribution in [-0.4, -0.2) is 23.0 Å². The number of carbonyl (C=O) groups is 2. The van der Waals surface area contributed by atoms with E-state index in [-0.39, 0.29) is 18.2 Å². The monoisotopic (exact) mass is 303 g/mol. The second kappa shape index (κ2) is 6.78. The van der Waals surface area contributed by atoms with Crippen molar-refractivity contribution < 1.29 is 14.7 Å². The van der Waals surface area contributed by atoms with Crippen LogP contribution >= 0.6 is 23.2 Å². The normalized spacial score (nSPS) is 12.3. The Morgan fingerprint density at radius 2 is 1.89 bits per heavy atom. The number of hydrogen-bond acceptors (Lipinski definition) is 2. The molecule has 0 saturated carbocycles. The molecule has 4 nitrogen and oxygen atoms in total. The highest BCUT2D eigenvalue weighted by Crippen LogP contribution is 2.22. The molecule has 0 bridgehead atoms. The Labute approximate surface area is 121 Å². The van der Waals surface area contributed by atoms with Gasteiger partial charge in [-0.25, -0.2) is 4.79 Å². The molecule has 104 valence electrons. The quantitative estimate of drug-likeness (QED) is 0.879. The molecule has 0 heterocycles. The first-order valence-corrected chi connectivity index (χ1v) is 6.53. The fraction of sp³-hybridized carbons (Fsp3) is 0.385. The van der Waals surface area contributed by atoms with Crippen LogP contribution in [0.25, 0.3) is 0 Å². The Bertz CT molecular complexity index is 489. The van der Waals surface area contributed by atoms with Crippen molar-refractivity contribution in [3.05, 3.63) is 33.8 Å². The van der Waals surface area contributed by atoms with Crippen molar-refractivity contribution in [3.8, 4) is 0 Å². The molecule has 1 atom stereocenters. The van der Waals surface area contributed by atoms with Gasteiger partial charge in [-0.15, -0.1) is 0 Å². The van der Waals surface area contributed by atoms with Crippen LogP contribution in [0.5, 0.6) is 0 Å². The third kappa shape index (κ3) is 4.73. The molecule has 6 heteroatoms. The Balaban J connectivity index is 2.69. The lowest BCUT2D eigenvalue weighted by Crippen LogP contribution is -2.44. The number of carbonyl (C=O) groups excluding carboxylic acids is 1. The second-order valence-corrected chi connectivity index (χ2v) is 5.37. The number of halogens is 2. The summed E-state index contributed by atoms with van der Waals surface area (Å²) in [6.07, 6.45) is 0.0629. The molecule has 1 aromatic carbocycles. The predicted molar refractivity (Wildman–Crippen MR) is 74.6 cm³/mol. The van der Waals surface area contributed by atoms with Crippen LogP contribution in [-0.2, 0) is 16.0 Å². The molecule has 0 unspecified atom stereocenters. The Morgan fingerprint density at radius 1 is 1.26 bits per heavy atom. The molecule has 1 amide bonds. The zero-order valence-electron chi connectivity index (χ0n) is 10.6. The van der Waals surface area contributed by atoms with Crippen molar-refractivity contribution >= 4 is 35.1 Å². The first kappa shape index (κ1) is 15.8. The highest BCUT2D eigenvalue weighted by Gasteiger charge is 2.23. The van der Waals surface area contributed by atoms with E-state index in [0.29, 0.717) is 15.6 Å². The van der Waals surface area contributed by atoms with Crippen LogP contribution in [0.2, 0.25) is 10.0 Å². The summed E-state index contributed by atoms with van der Waals surface area (Å²) in [5.74, 6) is -1.59. The van der Waals surface area contributed by atoms with E-state index in [1.807, 2.05) is 0 Å². The molecule has 1 rings (SSSR count).